The normalized spacial score (nSPS) is 17.7. The fraction of sp³-hybridized carbons (Fsp3) is 0.300. The summed E-state index contributed by atoms with van der Waals surface area (Å²) in [5.74, 6) is 1.44. The molecular weight excluding hydrogens is 302 g/mol. The number of ether oxygens (including phenoxy) is 2. The Morgan fingerprint density at radius 3 is 2.46 bits per heavy atom. The molecule has 2 aromatic carbocycles. The van der Waals surface area contributed by atoms with Crippen molar-refractivity contribution in [2.75, 3.05) is 27.8 Å². The second kappa shape index (κ2) is 7.07. The van der Waals surface area contributed by atoms with Gasteiger partial charge in [-0.25, -0.2) is 0 Å². The number of benzene rings is 2. The third kappa shape index (κ3) is 3.16. The van der Waals surface area contributed by atoms with Crippen LogP contribution in [0.1, 0.15) is 22.8 Å². The number of hydroxylamine groups is 2. The highest BCUT2D eigenvalue weighted by Gasteiger charge is 2.27. The van der Waals surface area contributed by atoms with Crippen LogP contribution in [0.15, 0.2) is 49.0 Å². The van der Waals surface area contributed by atoms with Gasteiger partial charge < -0.3 is 9.47 Å². The number of likely N-dealkylation sites (N-methyl/N-ethyl adjacent to an activating group) is 1. The number of hydrogen-bond donors (Lipinski definition) is 0. The SMILES string of the molecule is C=C(c1ccccc1)[C@H]1ON(C)CCc2cc(OC)c(OC)cc21. The molecule has 0 saturated carbocycles. The number of nitrogens with zero attached hydrogens (tertiary/aromatic N) is 1. The molecule has 4 heteroatoms. The van der Waals surface area contributed by atoms with Gasteiger partial charge >= 0.3 is 0 Å². The maximum Gasteiger partial charge on any atom is 0.161 e. The van der Waals surface area contributed by atoms with Gasteiger partial charge in [0, 0.05) is 13.6 Å². The minimum absolute atomic E-state index is 0.255. The summed E-state index contributed by atoms with van der Waals surface area (Å²) < 4.78 is 10.9. The van der Waals surface area contributed by atoms with E-state index in [4.69, 9.17) is 14.3 Å². The van der Waals surface area contributed by atoms with Crippen LogP contribution in [0.25, 0.3) is 5.57 Å². The predicted molar refractivity (Wildman–Crippen MR) is 95.2 cm³/mol. The fourth-order valence-electron chi connectivity index (χ4n) is 3.02. The molecule has 0 radical (unpaired) electrons. The summed E-state index contributed by atoms with van der Waals surface area (Å²) in [4.78, 5) is 6.16. The second-order valence-corrected chi connectivity index (χ2v) is 5.88. The van der Waals surface area contributed by atoms with Crippen molar-refractivity contribution in [1.82, 2.24) is 5.06 Å². The first-order valence-electron chi connectivity index (χ1n) is 8.01. The van der Waals surface area contributed by atoms with Gasteiger partial charge in [-0.15, -0.1) is 0 Å². The summed E-state index contributed by atoms with van der Waals surface area (Å²) in [6, 6.07) is 14.2. The number of methoxy groups -OCH3 is 2. The highest BCUT2D eigenvalue weighted by molar-refractivity contribution is 5.70. The molecule has 0 spiro atoms. The standard InChI is InChI=1S/C20H23NO3/c1-14(15-8-6-5-7-9-15)20-17-13-19(23-4)18(22-3)12-16(17)10-11-21(2)24-20/h5-9,12-13,20H,1,10-11H2,2-4H3/t20-/m1/s1. The quantitative estimate of drug-likeness (QED) is 0.854. The van der Waals surface area contributed by atoms with Crippen LogP contribution in [0.3, 0.4) is 0 Å². The summed E-state index contributed by atoms with van der Waals surface area (Å²) in [5.41, 5.74) is 4.27. The molecule has 126 valence electrons. The Morgan fingerprint density at radius 1 is 1.12 bits per heavy atom. The summed E-state index contributed by atoms with van der Waals surface area (Å²) in [6.45, 7) is 5.10. The molecule has 24 heavy (non-hydrogen) atoms. The molecule has 0 aliphatic carbocycles. The molecular formula is C20H23NO3. The minimum atomic E-state index is -0.255. The largest absolute Gasteiger partial charge is 0.493 e. The van der Waals surface area contributed by atoms with Crippen LogP contribution < -0.4 is 9.47 Å². The lowest BCUT2D eigenvalue weighted by Crippen LogP contribution is -2.21. The second-order valence-electron chi connectivity index (χ2n) is 5.88. The van der Waals surface area contributed by atoms with E-state index in [0.717, 1.165) is 35.4 Å². The van der Waals surface area contributed by atoms with Crippen LogP contribution in [0, 0.1) is 0 Å². The van der Waals surface area contributed by atoms with Crippen molar-refractivity contribution in [1.29, 1.82) is 0 Å². The van der Waals surface area contributed by atoms with Gasteiger partial charge in [-0.1, -0.05) is 36.9 Å². The first kappa shape index (κ1) is 16.6. The third-order valence-corrected chi connectivity index (χ3v) is 4.37. The molecule has 0 aromatic heterocycles. The number of fused-ring (bicyclic) bond motifs is 1. The molecule has 0 fully saturated rings. The van der Waals surface area contributed by atoms with Gasteiger partial charge in [-0.3, -0.25) is 4.84 Å². The minimum Gasteiger partial charge on any atom is -0.493 e. The van der Waals surface area contributed by atoms with Crippen LogP contribution >= 0.6 is 0 Å². The van der Waals surface area contributed by atoms with Gasteiger partial charge in [0.2, 0.25) is 0 Å². The van der Waals surface area contributed by atoms with Gasteiger partial charge in [0.05, 0.1) is 14.2 Å². The first-order chi connectivity index (χ1) is 11.6. The zero-order valence-corrected chi connectivity index (χ0v) is 14.4. The smallest absolute Gasteiger partial charge is 0.161 e. The molecule has 4 nitrogen and oxygen atoms in total. The highest BCUT2D eigenvalue weighted by Crippen LogP contribution is 2.41. The summed E-state index contributed by atoms with van der Waals surface area (Å²) in [6.07, 6.45) is 0.625. The van der Waals surface area contributed by atoms with E-state index in [1.54, 1.807) is 14.2 Å². The van der Waals surface area contributed by atoms with Crippen molar-refractivity contribution in [3.8, 4) is 11.5 Å². The highest BCUT2D eigenvalue weighted by atomic mass is 16.7. The Bertz CT molecular complexity index is 727. The fourth-order valence-corrected chi connectivity index (χ4v) is 3.02. The zero-order valence-electron chi connectivity index (χ0n) is 14.4. The van der Waals surface area contributed by atoms with Crippen LogP contribution in [-0.2, 0) is 11.3 Å². The zero-order chi connectivity index (χ0) is 17.1. The average molecular weight is 325 g/mol. The molecule has 1 aliphatic rings. The van der Waals surface area contributed by atoms with Crippen molar-refractivity contribution >= 4 is 5.57 Å². The topological polar surface area (TPSA) is 30.9 Å². The average Bonchev–Trinajstić information content (AvgIpc) is 2.79. The molecule has 0 unspecified atom stereocenters. The molecule has 2 aromatic rings. The van der Waals surface area contributed by atoms with Crippen LogP contribution in [0.2, 0.25) is 0 Å². The van der Waals surface area contributed by atoms with E-state index in [2.05, 4.69) is 18.7 Å². The van der Waals surface area contributed by atoms with Gasteiger partial charge in [0.25, 0.3) is 0 Å². The maximum atomic E-state index is 6.16. The molecule has 0 amide bonds. The molecule has 0 saturated heterocycles. The van der Waals surface area contributed by atoms with E-state index >= 15 is 0 Å². The Balaban J connectivity index is 2.08. The lowest BCUT2D eigenvalue weighted by molar-refractivity contribution is -0.160. The Hall–Kier alpha value is -2.30. The van der Waals surface area contributed by atoms with E-state index in [-0.39, 0.29) is 6.10 Å². The van der Waals surface area contributed by atoms with Crippen LogP contribution in [0.5, 0.6) is 11.5 Å². The van der Waals surface area contributed by atoms with Gasteiger partial charge in [-0.2, -0.15) is 5.06 Å². The molecule has 1 aliphatic heterocycles. The van der Waals surface area contributed by atoms with Crippen LogP contribution in [-0.4, -0.2) is 32.9 Å². The molecule has 0 bridgehead atoms. The van der Waals surface area contributed by atoms with Gasteiger partial charge in [0.15, 0.2) is 11.5 Å². The van der Waals surface area contributed by atoms with Crippen LogP contribution in [0.4, 0.5) is 0 Å². The van der Waals surface area contributed by atoms with Crippen molar-refractivity contribution in [3.05, 3.63) is 65.7 Å². The predicted octanol–water partition coefficient (Wildman–Crippen LogP) is 3.88. The van der Waals surface area contributed by atoms with E-state index in [1.807, 2.05) is 42.4 Å². The maximum absolute atomic E-state index is 6.16. The van der Waals surface area contributed by atoms with E-state index in [1.165, 1.54) is 5.56 Å². The van der Waals surface area contributed by atoms with Crippen molar-refractivity contribution < 1.29 is 14.3 Å². The van der Waals surface area contributed by atoms with E-state index in [9.17, 15) is 0 Å². The Morgan fingerprint density at radius 2 is 1.79 bits per heavy atom. The summed E-state index contributed by atoms with van der Waals surface area (Å²) in [5, 5.41) is 1.87. The lowest BCUT2D eigenvalue weighted by Gasteiger charge is -2.24. The number of rotatable bonds is 4. The molecule has 3 rings (SSSR count). The van der Waals surface area contributed by atoms with Gasteiger partial charge in [-0.05, 0) is 40.8 Å². The third-order valence-electron chi connectivity index (χ3n) is 4.37. The van der Waals surface area contributed by atoms with Crippen molar-refractivity contribution in [2.45, 2.75) is 12.5 Å². The molecule has 0 N–H and O–H groups in total. The Kier molecular flexibility index (Phi) is 4.88. The Labute approximate surface area is 143 Å². The van der Waals surface area contributed by atoms with E-state index in [0.29, 0.717) is 5.75 Å². The monoisotopic (exact) mass is 325 g/mol. The molecule has 1 atom stereocenters. The van der Waals surface area contributed by atoms with Crippen molar-refractivity contribution in [2.24, 2.45) is 0 Å². The lowest BCUT2D eigenvalue weighted by atomic mass is 9.92. The summed E-state index contributed by atoms with van der Waals surface area (Å²) >= 11 is 0. The van der Waals surface area contributed by atoms with Crippen molar-refractivity contribution in [3.63, 3.8) is 0 Å². The van der Waals surface area contributed by atoms with Gasteiger partial charge in [0.1, 0.15) is 6.10 Å². The first-order valence-corrected chi connectivity index (χ1v) is 8.01. The number of hydrogen-bond acceptors (Lipinski definition) is 4. The molecule has 1 heterocycles. The van der Waals surface area contributed by atoms with E-state index < -0.39 is 0 Å². The summed E-state index contributed by atoms with van der Waals surface area (Å²) in [7, 11) is 5.25.